The third-order valence-electron chi connectivity index (χ3n) is 6.60. The molecule has 13 nitrogen and oxygen atoms in total. The van der Waals surface area contributed by atoms with Gasteiger partial charge in [-0.2, -0.15) is 13.5 Å². The van der Waals surface area contributed by atoms with Crippen LogP contribution in [0.25, 0.3) is 0 Å². The second-order valence-electron chi connectivity index (χ2n) is 11.3. The summed E-state index contributed by atoms with van der Waals surface area (Å²) in [6.45, 7) is 7.26. The van der Waals surface area contributed by atoms with Crippen LogP contribution in [0.3, 0.4) is 0 Å². The van der Waals surface area contributed by atoms with Gasteiger partial charge in [-0.1, -0.05) is 33.8 Å². The number of nitrogens with two attached hydrogens (primary N) is 1. The zero-order valence-corrected chi connectivity index (χ0v) is 23.9. The van der Waals surface area contributed by atoms with Gasteiger partial charge in [-0.3, -0.25) is 4.79 Å². The van der Waals surface area contributed by atoms with Crippen molar-refractivity contribution in [1.29, 1.82) is 0 Å². The smallest absolute Gasteiger partial charge is 0.421 e. The number of esters is 1. The van der Waals surface area contributed by atoms with E-state index in [1.54, 1.807) is 32.0 Å². The minimum absolute atomic E-state index is 0.0283. The average Bonchev–Trinajstić information content (AvgIpc) is 3.08. The van der Waals surface area contributed by atoms with Crippen LogP contribution in [-0.2, 0) is 28.4 Å². The van der Waals surface area contributed by atoms with E-state index in [4.69, 9.17) is 28.4 Å². The molecule has 0 saturated carbocycles. The summed E-state index contributed by atoms with van der Waals surface area (Å²) in [6.07, 6.45) is 1.10. The van der Waals surface area contributed by atoms with E-state index >= 15 is 0 Å². The van der Waals surface area contributed by atoms with Crippen LogP contribution in [0.15, 0.2) is 18.2 Å². The van der Waals surface area contributed by atoms with Crippen molar-refractivity contribution in [2.75, 3.05) is 34.0 Å². The van der Waals surface area contributed by atoms with E-state index in [0.717, 1.165) is 5.06 Å². The van der Waals surface area contributed by atoms with E-state index in [0.29, 0.717) is 30.8 Å². The number of hydrogen-bond acceptors (Lipinski definition) is 10. The van der Waals surface area contributed by atoms with E-state index < -0.39 is 51.2 Å². The number of nitrogens with zero attached hydrogens (tertiary/aromatic N) is 2. The van der Waals surface area contributed by atoms with Gasteiger partial charge in [0, 0.05) is 6.54 Å². The molecule has 39 heavy (non-hydrogen) atoms. The molecule has 2 aliphatic heterocycles. The van der Waals surface area contributed by atoms with Crippen LogP contribution < -0.4 is 15.2 Å². The molecule has 2 atom stereocenters. The molecule has 14 heteroatoms. The van der Waals surface area contributed by atoms with E-state index in [9.17, 15) is 22.8 Å². The van der Waals surface area contributed by atoms with Crippen LogP contribution in [-0.4, -0.2) is 82.4 Å². The molecule has 0 aromatic heterocycles. The number of hydroxylamine groups is 2. The predicted molar refractivity (Wildman–Crippen MR) is 138 cm³/mol. The molecule has 2 aliphatic rings. The van der Waals surface area contributed by atoms with E-state index in [1.807, 2.05) is 13.8 Å². The summed E-state index contributed by atoms with van der Waals surface area (Å²) in [4.78, 5) is 38.3. The summed E-state index contributed by atoms with van der Waals surface area (Å²) in [5.74, 6) is -0.631. The van der Waals surface area contributed by atoms with Gasteiger partial charge in [-0.25, -0.2) is 13.8 Å². The quantitative estimate of drug-likeness (QED) is 0.347. The van der Waals surface area contributed by atoms with Crippen LogP contribution in [0.2, 0.25) is 0 Å². The summed E-state index contributed by atoms with van der Waals surface area (Å²) in [6, 6.07) is 2.87. The maximum atomic E-state index is 12.8. The molecule has 0 radical (unpaired) electrons. The fourth-order valence-electron chi connectivity index (χ4n) is 5.16. The summed E-state index contributed by atoms with van der Waals surface area (Å²) in [5.41, 5.74) is 4.26. The first-order chi connectivity index (χ1) is 18.1. The highest BCUT2D eigenvalue weighted by Crippen LogP contribution is 2.36. The van der Waals surface area contributed by atoms with Crippen molar-refractivity contribution >= 4 is 28.3 Å². The zero-order valence-electron chi connectivity index (χ0n) is 23.1. The van der Waals surface area contributed by atoms with E-state index in [1.165, 1.54) is 19.1 Å². The lowest BCUT2D eigenvalue weighted by Gasteiger charge is -2.34. The summed E-state index contributed by atoms with van der Waals surface area (Å²) >= 11 is 0. The van der Waals surface area contributed by atoms with Crippen molar-refractivity contribution in [3.8, 4) is 11.5 Å². The highest BCUT2D eigenvalue weighted by Gasteiger charge is 2.49. The lowest BCUT2D eigenvalue weighted by atomic mass is 9.76. The first kappa shape index (κ1) is 30.4. The van der Waals surface area contributed by atoms with Crippen molar-refractivity contribution in [2.24, 2.45) is 16.6 Å². The van der Waals surface area contributed by atoms with Gasteiger partial charge in [-0.05, 0) is 42.2 Å². The Morgan fingerprint density at radius 1 is 1.03 bits per heavy atom. The molecule has 3 amide bonds. The Labute approximate surface area is 228 Å². The Morgan fingerprint density at radius 2 is 1.62 bits per heavy atom. The number of carbonyl (C=O) groups is 3. The molecule has 2 N–H and O–H groups in total. The van der Waals surface area contributed by atoms with Gasteiger partial charge in [0.2, 0.25) is 5.91 Å². The van der Waals surface area contributed by atoms with E-state index in [-0.39, 0.29) is 25.3 Å². The maximum absolute atomic E-state index is 12.8. The van der Waals surface area contributed by atoms with Crippen LogP contribution in [0.1, 0.15) is 57.3 Å². The third kappa shape index (κ3) is 7.31. The highest BCUT2D eigenvalue weighted by atomic mass is 32.3. The Kier molecular flexibility index (Phi) is 9.02. The molecular weight excluding hydrogens is 534 g/mol. The second kappa shape index (κ2) is 11.6. The van der Waals surface area contributed by atoms with Crippen LogP contribution in [0.4, 0.5) is 4.79 Å². The Hall–Kier alpha value is -3.10. The van der Waals surface area contributed by atoms with Crippen molar-refractivity contribution in [2.45, 2.75) is 59.0 Å². The lowest BCUT2D eigenvalue weighted by molar-refractivity contribution is -0.122. The standard InChI is InChI=1S/C25H37N3O10S/c1-24(2,14-36-22(30)20-18(34-5)8-7-9-19(20)35-6)13-25(3,4)15-37-39(32,33)38-28-16-10-11-17(21(26)29)27(12-16)23(28)31/h7-9,16-17H,10-15H2,1-6H3,(H2,26,29)/t16-,17+/m1/s1. The molecule has 0 unspecified atom stereocenters. The van der Waals surface area contributed by atoms with Gasteiger partial charge in [0.15, 0.2) is 0 Å². The molecule has 2 heterocycles. The number of fused-ring (bicyclic) bond motifs is 2. The average molecular weight is 572 g/mol. The molecule has 2 saturated heterocycles. The number of methoxy groups -OCH3 is 2. The number of piperidine rings is 1. The molecule has 0 aliphatic carbocycles. The number of amides is 3. The van der Waals surface area contributed by atoms with Crippen molar-refractivity contribution in [1.82, 2.24) is 9.96 Å². The minimum Gasteiger partial charge on any atom is -0.496 e. The Bertz CT molecular complexity index is 1180. The van der Waals surface area contributed by atoms with E-state index in [2.05, 4.69) is 0 Å². The van der Waals surface area contributed by atoms with Crippen LogP contribution in [0.5, 0.6) is 11.5 Å². The number of ether oxygens (including phenoxy) is 3. The SMILES string of the molecule is COc1cccc(OC)c1C(=O)OCC(C)(C)CC(C)(C)COS(=O)(=O)ON1C(=O)N2C[C@H]1CC[C@H]2C(N)=O. The summed E-state index contributed by atoms with van der Waals surface area (Å²) < 4.78 is 51.4. The fourth-order valence-corrected chi connectivity index (χ4v) is 6.05. The molecule has 2 fully saturated rings. The number of rotatable bonds is 13. The number of hydrogen-bond donors (Lipinski definition) is 1. The Morgan fingerprint density at radius 3 is 2.18 bits per heavy atom. The predicted octanol–water partition coefficient (Wildman–Crippen LogP) is 2.25. The number of carbonyl (C=O) groups excluding carboxylic acids is 3. The van der Waals surface area contributed by atoms with Crippen LogP contribution in [0, 0.1) is 10.8 Å². The highest BCUT2D eigenvalue weighted by molar-refractivity contribution is 7.81. The molecule has 0 spiro atoms. The maximum Gasteiger partial charge on any atom is 0.421 e. The summed E-state index contributed by atoms with van der Waals surface area (Å²) in [7, 11) is -1.71. The van der Waals surface area contributed by atoms with Gasteiger partial charge >= 0.3 is 22.4 Å². The third-order valence-corrected chi connectivity index (χ3v) is 7.35. The molecule has 218 valence electrons. The topological polar surface area (TPSA) is 164 Å². The normalized spacial score (nSPS) is 19.7. The number of urea groups is 1. The summed E-state index contributed by atoms with van der Waals surface area (Å²) in [5, 5.41) is 0.737. The van der Waals surface area contributed by atoms with Gasteiger partial charge in [0.1, 0.15) is 23.1 Å². The van der Waals surface area contributed by atoms with Gasteiger partial charge in [0.25, 0.3) is 0 Å². The van der Waals surface area contributed by atoms with Gasteiger partial charge in [0.05, 0.1) is 33.5 Å². The van der Waals surface area contributed by atoms with Crippen LogP contribution >= 0.6 is 0 Å². The molecule has 2 bridgehead atoms. The van der Waals surface area contributed by atoms with Gasteiger partial charge < -0.3 is 24.8 Å². The second-order valence-corrected chi connectivity index (χ2v) is 12.5. The monoisotopic (exact) mass is 571 g/mol. The first-order valence-electron chi connectivity index (χ1n) is 12.5. The van der Waals surface area contributed by atoms with Crippen molar-refractivity contribution < 1.29 is 45.5 Å². The lowest BCUT2D eigenvalue weighted by Crippen LogP contribution is -2.47. The molecule has 1 aromatic rings. The first-order valence-corrected chi connectivity index (χ1v) is 13.8. The molecule has 1 aromatic carbocycles. The molecular formula is C25H37N3O10S. The minimum atomic E-state index is -4.59. The zero-order chi connectivity index (χ0) is 29.2. The number of primary amides is 1. The molecule has 3 rings (SSSR count). The van der Waals surface area contributed by atoms with Crippen molar-refractivity contribution in [3.05, 3.63) is 23.8 Å². The Balaban J connectivity index is 1.56. The fraction of sp³-hybridized carbons (Fsp3) is 0.640. The largest absolute Gasteiger partial charge is 0.496 e. The van der Waals surface area contributed by atoms with Crippen molar-refractivity contribution in [3.63, 3.8) is 0 Å². The number of benzene rings is 1. The van der Waals surface area contributed by atoms with Gasteiger partial charge in [-0.15, -0.1) is 4.28 Å².